The number of nitrogens with one attached hydrogen (secondary N) is 1. The van der Waals surface area contributed by atoms with Crippen LogP contribution in [0.2, 0.25) is 0 Å². The quantitative estimate of drug-likeness (QED) is 0.438. The topological polar surface area (TPSA) is 81.1 Å². The number of unbranched alkanes of at least 4 members (excludes halogenated alkanes) is 2. The molecular formula is C24H25N3O3. The lowest BCUT2D eigenvalue weighted by Gasteiger charge is -2.24. The van der Waals surface area contributed by atoms with E-state index in [0.29, 0.717) is 19.3 Å². The molecule has 2 amide bonds. The van der Waals surface area contributed by atoms with Gasteiger partial charge in [-0.2, -0.15) is 5.10 Å². The smallest absolute Gasteiger partial charge is 0.230 e. The van der Waals surface area contributed by atoms with Crippen LogP contribution in [0.4, 0.5) is 0 Å². The van der Waals surface area contributed by atoms with Gasteiger partial charge in [-0.3, -0.25) is 24.4 Å². The van der Waals surface area contributed by atoms with Crippen LogP contribution in [0.1, 0.15) is 59.2 Å². The number of imide groups is 1. The number of rotatable bonds is 7. The Hall–Kier alpha value is -3.20. The molecule has 6 heteroatoms. The van der Waals surface area contributed by atoms with Gasteiger partial charge in [-0.25, -0.2) is 0 Å². The third-order valence-electron chi connectivity index (χ3n) is 6.20. The molecule has 2 aliphatic rings. The van der Waals surface area contributed by atoms with Gasteiger partial charge in [0.05, 0.1) is 11.8 Å². The van der Waals surface area contributed by atoms with Crippen molar-refractivity contribution in [2.45, 2.75) is 51.5 Å². The lowest BCUT2D eigenvalue weighted by atomic mass is 9.82. The van der Waals surface area contributed by atoms with Crippen molar-refractivity contribution in [3.05, 3.63) is 52.8 Å². The van der Waals surface area contributed by atoms with Gasteiger partial charge in [0.2, 0.25) is 11.8 Å². The Morgan fingerprint density at radius 2 is 2.03 bits per heavy atom. The number of Topliss-reactive ketones (excluding diaryl/α,β-unsaturated/α-hetero) is 1. The molecule has 4 rings (SSSR count). The number of aromatic nitrogens is 2. The average Bonchev–Trinajstić information content (AvgIpc) is 3.33. The second-order valence-corrected chi connectivity index (χ2v) is 8.12. The standard InChI is InChI=1S/C24H25N3O3/c1-2-16-14-25-27(15-16)12-5-3-4-7-17-8-6-9-18-20(17)13-21(23(18)29)19-10-11-22(28)26-24(19)30/h1,6,8-9,14-15,19,21H,3-5,7,10-13H2,(H,26,28,30). The average molecular weight is 403 g/mol. The van der Waals surface area contributed by atoms with Gasteiger partial charge in [0.1, 0.15) is 0 Å². The Morgan fingerprint density at radius 1 is 1.17 bits per heavy atom. The van der Waals surface area contributed by atoms with E-state index in [9.17, 15) is 14.4 Å². The molecule has 2 atom stereocenters. The second kappa shape index (κ2) is 8.66. The number of piperidine rings is 1. The number of aryl methyl sites for hydroxylation is 2. The number of carbonyl (C=O) groups excluding carboxylic acids is 3. The van der Waals surface area contributed by atoms with Crippen LogP contribution in [0.15, 0.2) is 30.6 Å². The van der Waals surface area contributed by atoms with Crippen molar-refractivity contribution >= 4 is 17.6 Å². The van der Waals surface area contributed by atoms with Gasteiger partial charge >= 0.3 is 0 Å². The highest BCUT2D eigenvalue weighted by molar-refractivity contribution is 6.07. The van der Waals surface area contributed by atoms with E-state index in [1.165, 1.54) is 5.56 Å². The first-order valence-corrected chi connectivity index (χ1v) is 10.5. The summed E-state index contributed by atoms with van der Waals surface area (Å²) in [5.74, 6) is 1.32. The highest BCUT2D eigenvalue weighted by atomic mass is 16.2. The van der Waals surface area contributed by atoms with E-state index in [0.717, 1.165) is 48.9 Å². The van der Waals surface area contributed by atoms with Gasteiger partial charge in [0.25, 0.3) is 0 Å². The fourth-order valence-electron chi connectivity index (χ4n) is 4.60. The van der Waals surface area contributed by atoms with Crippen molar-refractivity contribution in [1.29, 1.82) is 0 Å². The minimum atomic E-state index is -0.405. The molecule has 30 heavy (non-hydrogen) atoms. The molecular weight excluding hydrogens is 378 g/mol. The summed E-state index contributed by atoms with van der Waals surface area (Å²) >= 11 is 0. The SMILES string of the molecule is C#Cc1cnn(CCCCCc2cccc3c2CC(C2CCC(=O)NC2=O)C3=O)c1. The van der Waals surface area contributed by atoms with Crippen molar-refractivity contribution in [3.63, 3.8) is 0 Å². The molecule has 154 valence electrons. The van der Waals surface area contributed by atoms with E-state index >= 15 is 0 Å². The first-order chi connectivity index (χ1) is 14.6. The summed E-state index contributed by atoms with van der Waals surface area (Å²) in [7, 11) is 0. The van der Waals surface area contributed by atoms with Gasteiger partial charge in [-0.1, -0.05) is 30.5 Å². The minimum Gasteiger partial charge on any atom is -0.296 e. The summed E-state index contributed by atoms with van der Waals surface area (Å²) in [6.45, 7) is 0.838. The molecule has 1 aliphatic heterocycles. The highest BCUT2D eigenvalue weighted by Crippen LogP contribution is 2.37. The molecule has 2 heterocycles. The van der Waals surface area contributed by atoms with Crippen molar-refractivity contribution in [2.24, 2.45) is 11.8 Å². The zero-order chi connectivity index (χ0) is 21.1. The maximum absolute atomic E-state index is 12.9. The zero-order valence-electron chi connectivity index (χ0n) is 16.9. The van der Waals surface area contributed by atoms with Crippen molar-refractivity contribution in [2.75, 3.05) is 0 Å². The monoisotopic (exact) mass is 403 g/mol. The fourth-order valence-corrected chi connectivity index (χ4v) is 4.60. The molecule has 1 aromatic carbocycles. The molecule has 0 radical (unpaired) electrons. The van der Waals surface area contributed by atoms with Crippen LogP contribution in [0.25, 0.3) is 0 Å². The predicted octanol–water partition coefficient (Wildman–Crippen LogP) is 2.69. The number of terminal acetylenes is 1. The molecule has 1 saturated heterocycles. The normalized spacial score (nSPS) is 20.7. The molecule has 1 aliphatic carbocycles. The lowest BCUT2D eigenvalue weighted by Crippen LogP contribution is -2.44. The van der Waals surface area contributed by atoms with Gasteiger partial charge in [0.15, 0.2) is 5.78 Å². The minimum absolute atomic E-state index is 0.0457. The first kappa shape index (κ1) is 20.1. The number of benzene rings is 1. The van der Waals surface area contributed by atoms with Crippen LogP contribution in [0.3, 0.4) is 0 Å². The Labute approximate surface area is 176 Å². The van der Waals surface area contributed by atoms with Gasteiger partial charge in [0, 0.05) is 36.6 Å². The number of carbonyl (C=O) groups is 3. The molecule has 0 spiro atoms. The number of amides is 2. The summed E-state index contributed by atoms with van der Waals surface area (Å²) in [5.41, 5.74) is 3.83. The summed E-state index contributed by atoms with van der Waals surface area (Å²) < 4.78 is 1.87. The largest absolute Gasteiger partial charge is 0.296 e. The number of fused-ring (bicyclic) bond motifs is 1. The zero-order valence-corrected chi connectivity index (χ0v) is 16.9. The second-order valence-electron chi connectivity index (χ2n) is 8.12. The molecule has 1 aromatic heterocycles. The Balaban J connectivity index is 1.34. The van der Waals surface area contributed by atoms with Crippen LogP contribution >= 0.6 is 0 Å². The highest BCUT2D eigenvalue weighted by Gasteiger charge is 2.42. The van der Waals surface area contributed by atoms with Crippen LogP contribution in [-0.4, -0.2) is 27.4 Å². The molecule has 0 bridgehead atoms. The van der Waals surface area contributed by atoms with Crippen LogP contribution in [-0.2, 0) is 29.0 Å². The number of hydrogen-bond donors (Lipinski definition) is 1. The van der Waals surface area contributed by atoms with E-state index in [2.05, 4.69) is 22.4 Å². The van der Waals surface area contributed by atoms with Crippen molar-refractivity contribution < 1.29 is 14.4 Å². The molecule has 1 N–H and O–H groups in total. The van der Waals surface area contributed by atoms with Gasteiger partial charge < -0.3 is 0 Å². The Morgan fingerprint density at radius 3 is 2.80 bits per heavy atom. The molecule has 0 saturated carbocycles. The van der Waals surface area contributed by atoms with Crippen LogP contribution in [0.5, 0.6) is 0 Å². The number of nitrogens with zero attached hydrogens (tertiary/aromatic N) is 2. The van der Waals surface area contributed by atoms with Crippen LogP contribution < -0.4 is 5.32 Å². The summed E-state index contributed by atoms with van der Waals surface area (Å²) in [6, 6.07) is 5.89. The van der Waals surface area contributed by atoms with Gasteiger partial charge in [-0.15, -0.1) is 6.42 Å². The maximum atomic E-state index is 12.9. The Kier molecular flexibility index (Phi) is 5.80. The predicted molar refractivity (Wildman–Crippen MR) is 112 cm³/mol. The van der Waals surface area contributed by atoms with Crippen molar-refractivity contribution in [3.8, 4) is 12.3 Å². The maximum Gasteiger partial charge on any atom is 0.230 e. The van der Waals surface area contributed by atoms with Crippen LogP contribution in [0, 0.1) is 24.2 Å². The van der Waals surface area contributed by atoms with Gasteiger partial charge in [-0.05, 0) is 43.2 Å². The molecule has 1 fully saturated rings. The lowest BCUT2D eigenvalue weighted by molar-refractivity contribution is -0.137. The van der Waals surface area contributed by atoms with E-state index < -0.39 is 5.92 Å². The van der Waals surface area contributed by atoms with E-state index in [-0.39, 0.29) is 23.5 Å². The third-order valence-corrected chi connectivity index (χ3v) is 6.20. The summed E-state index contributed by atoms with van der Waals surface area (Å²) in [6.07, 6.45) is 14.3. The van der Waals surface area contributed by atoms with Crippen molar-refractivity contribution in [1.82, 2.24) is 15.1 Å². The number of hydrogen-bond acceptors (Lipinski definition) is 4. The first-order valence-electron chi connectivity index (χ1n) is 10.5. The molecule has 6 nitrogen and oxygen atoms in total. The van der Waals surface area contributed by atoms with E-state index in [4.69, 9.17) is 6.42 Å². The molecule has 2 aromatic rings. The fraction of sp³-hybridized carbons (Fsp3) is 0.417. The van der Waals surface area contributed by atoms with E-state index in [1.54, 1.807) is 6.20 Å². The molecule has 2 unspecified atom stereocenters. The number of ketones is 1. The Bertz CT molecular complexity index is 1030. The van der Waals surface area contributed by atoms with E-state index in [1.807, 2.05) is 23.0 Å². The summed E-state index contributed by atoms with van der Waals surface area (Å²) in [4.78, 5) is 36.6. The third kappa shape index (κ3) is 4.06. The summed E-state index contributed by atoms with van der Waals surface area (Å²) in [5, 5.41) is 6.63.